The van der Waals surface area contributed by atoms with E-state index in [0.717, 1.165) is 16.0 Å². The number of carbonyl (C=O) groups excluding carboxylic acids is 4. The van der Waals surface area contributed by atoms with Crippen LogP contribution in [0.15, 0.2) is 42.5 Å². The summed E-state index contributed by atoms with van der Waals surface area (Å²) in [5.41, 5.74) is 2.31. The van der Waals surface area contributed by atoms with Gasteiger partial charge in [-0.3, -0.25) is 19.3 Å². The van der Waals surface area contributed by atoms with Crippen LogP contribution in [0.25, 0.3) is 0 Å². The molecule has 9 heteroatoms. The van der Waals surface area contributed by atoms with Gasteiger partial charge < -0.3 is 20.3 Å². The van der Waals surface area contributed by atoms with Crippen molar-refractivity contribution < 1.29 is 23.9 Å². The minimum atomic E-state index is -1.10. The third kappa shape index (κ3) is 3.62. The number of nitrogens with one attached hydrogen (secondary N) is 2. The van der Waals surface area contributed by atoms with Crippen molar-refractivity contribution in [1.82, 2.24) is 15.1 Å². The predicted molar refractivity (Wildman–Crippen MR) is 123 cm³/mol. The van der Waals surface area contributed by atoms with Gasteiger partial charge in [-0.1, -0.05) is 30.3 Å². The lowest BCUT2D eigenvalue weighted by atomic mass is 9.92. The van der Waals surface area contributed by atoms with E-state index in [1.165, 1.54) is 0 Å². The second-order valence-electron chi connectivity index (χ2n) is 8.81. The highest BCUT2D eigenvalue weighted by Crippen LogP contribution is 2.41. The fourth-order valence-electron chi connectivity index (χ4n) is 5.01. The Hall–Kier alpha value is -3.72. The summed E-state index contributed by atoms with van der Waals surface area (Å²) in [6.07, 6.45) is 1.16. The van der Waals surface area contributed by atoms with E-state index >= 15 is 0 Å². The molecule has 0 radical (unpaired) electrons. The highest BCUT2D eigenvalue weighted by Gasteiger charge is 2.55. The molecule has 2 saturated heterocycles. The molecule has 2 N–H and O–H groups in total. The first-order valence-electron chi connectivity index (χ1n) is 11.4. The lowest BCUT2D eigenvalue weighted by Crippen LogP contribution is -2.43. The molecule has 5 rings (SSSR count). The summed E-state index contributed by atoms with van der Waals surface area (Å²) in [5, 5.41) is 5.59. The summed E-state index contributed by atoms with van der Waals surface area (Å²) in [5.74, 6) is -1.04. The van der Waals surface area contributed by atoms with E-state index in [0.29, 0.717) is 56.0 Å². The molecule has 0 saturated carbocycles. The number of benzene rings is 2. The Kier molecular flexibility index (Phi) is 5.57. The monoisotopic (exact) mass is 462 g/mol. The number of amides is 5. The topological polar surface area (TPSA) is 108 Å². The average molecular weight is 463 g/mol. The first-order chi connectivity index (χ1) is 16.4. The minimum Gasteiger partial charge on any atom is -0.378 e. The van der Waals surface area contributed by atoms with Gasteiger partial charge in [0.2, 0.25) is 5.91 Å². The number of ether oxygens (including phenoxy) is 1. The molecule has 0 aromatic heterocycles. The molecule has 2 aromatic rings. The standard InChI is InChI=1S/C25H26N4O5/c1-16-18(22(31)28-11-13-34-14-12-28)6-4-8-20(16)26-21(30)15-29-23(32)25(27-24(29)33)10-9-17-5-2-3-7-19(17)25/h2-8H,9-15H2,1H3,(H,26,30)(H,27,33). The Morgan fingerprint density at radius 2 is 1.85 bits per heavy atom. The normalized spacial score (nSPS) is 21.6. The second-order valence-corrected chi connectivity index (χ2v) is 8.81. The minimum absolute atomic E-state index is 0.118. The first-order valence-corrected chi connectivity index (χ1v) is 11.4. The summed E-state index contributed by atoms with van der Waals surface area (Å²) in [7, 11) is 0. The number of nitrogens with zero attached hydrogens (tertiary/aromatic N) is 2. The van der Waals surface area contributed by atoms with Gasteiger partial charge in [-0.15, -0.1) is 0 Å². The lowest BCUT2D eigenvalue weighted by molar-refractivity contribution is -0.134. The number of carbonyl (C=O) groups is 4. The van der Waals surface area contributed by atoms with E-state index in [4.69, 9.17) is 4.74 Å². The van der Waals surface area contributed by atoms with Gasteiger partial charge in [0.25, 0.3) is 11.8 Å². The molecule has 2 heterocycles. The van der Waals surface area contributed by atoms with Crippen LogP contribution in [0.2, 0.25) is 0 Å². The summed E-state index contributed by atoms with van der Waals surface area (Å²) >= 11 is 0. The number of hydrogen-bond acceptors (Lipinski definition) is 5. The Morgan fingerprint density at radius 3 is 2.65 bits per heavy atom. The largest absolute Gasteiger partial charge is 0.378 e. The van der Waals surface area contributed by atoms with Crippen molar-refractivity contribution in [2.75, 3.05) is 38.2 Å². The van der Waals surface area contributed by atoms with Crippen molar-refractivity contribution in [2.24, 2.45) is 0 Å². The molecule has 2 aromatic carbocycles. The Bertz CT molecular complexity index is 1190. The molecule has 2 fully saturated rings. The number of fused-ring (bicyclic) bond motifs is 2. The van der Waals surface area contributed by atoms with Gasteiger partial charge in [-0.05, 0) is 48.6 Å². The average Bonchev–Trinajstić information content (AvgIpc) is 3.33. The number of morpholine rings is 1. The van der Waals surface area contributed by atoms with Crippen molar-refractivity contribution in [3.05, 3.63) is 64.7 Å². The fraction of sp³-hybridized carbons (Fsp3) is 0.360. The van der Waals surface area contributed by atoms with E-state index in [1.54, 1.807) is 30.0 Å². The van der Waals surface area contributed by atoms with Crippen LogP contribution in [0.5, 0.6) is 0 Å². The van der Waals surface area contributed by atoms with Crippen LogP contribution in [0.3, 0.4) is 0 Å². The van der Waals surface area contributed by atoms with Gasteiger partial charge >= 0.3 is 6.03 Å². The third-order valence-corrected chi connectivity index (χ3v) is 6.86. The van der Waals surface area contributed by atoms with Gasteiger partial charge in [0.15, 0.2) is 0 Å². The molecule has 1 spiro atoms. The van der Waals surface area contributed by atoms with Gasteiger partial charge in [0.05, 0.1) is 13.2 Å². The zero-order valence-corrected chi connectivity index (χ0v) is 18.9. The van der Waals surface area contributed by atoms with Gasteiger partial charge in [0, 0.05) is 24.3 Å². The smallest absolute Gasteiger partial charge is 0.325 e. The molecule has 5 amide bonds. The van der Waals surface area contributed by atoms with Crippen LogP contribution >= 0.6 is 0 Å². The van der Waals surface area contributed by atoms with E-state index in [-0.39, 0.29) is 5.91 Å². The fourth-order valence-corrected chi connectivity index (χ4v) is 5.01. The summed E-state index contributed by atoms with van der Waals surface area (Å²) in [4.78, 5) is 54.4. The number of imide groups is 1. The molecule has 0 bridgehead atoms. The summed E-state index contributed by atoms with van der Waals surface area (Å²) in [6, 6.07) is 12.1. The molecular weight excluding hydrogens is 436 g/mol. The number of urea groups is 1. The Labute approximate surface area is 197 Å². The van der Waals surface area contributed by atoms with Crippen LogP contribution in [-0.4, -0.2) is 66.4 Å². The zero-order valence-electron chi connectivity index (χ0n) is 18.9. The van der Waals surface area contributed by atoms with Crippen molar-refractivity contribution in [3.63, 3.8) is 0 Å². The number of aryl methyl sites for hydroxylation is 1. The Morgan fingerprint density at radius 1 is 1.09 bits per heavy atom. The first kappa shape index (κ1) is 22.1. The molecule has 2 aliphatic heterocycles. The third-order valence-electron chi connectivity index (χ3n) is 6.86. The predicted octanol–water partition coefficient (Wildman–Crippen LogP) is 1.80. The molecule has 1 atom stereocenters. The molecule has 34 heavy (non-hydrogen) atoms. The SMILES string of the molecule is Cc1c(NC(=O)CN2C(=O)NC3(CCc4ccccc43)C2=O)cccc1C(=O)N1CCOCC1. The van der Waals surface area contributed by atoms with Crippen LogP contribution in [0, 0.1) is 6.92 Å². The molecule has 3 aliphatic rings. The maximum Gasteiger partial charge on any atom is 0.325 e. The molecular formula is C25H26N4O5. The van der Waals surface area contributed by atoms with E-state index in [2.05, 4.69) is 10.6 Å². The maximum absolute atomic E-state index is 13.3. The van der Waals surface area contributed by atoms with Gasteiger partial charge in [-0.25, -0.2) is 4.79 Å². The van der Waals surface area contributed by atoms with Gasteiger partial charge in [0.1, 0.15) is 12.1 Å². The maximum atomic E-state index is 13.3. The van der Waals surface area contributed by atoms with Crippen molar-refractivity contribution in [2.45, 2.75) is 25.3 Å². The quantitative estimate of drug-likeness (QED) is 0.674. The van der Waals surface area contributed by atoms with E-state index < -0.39 is 29.9 Å². The van der Waals surface area contributed by atoms with E-state index in [9.17, 15) is 19.2 Å². The summed E-state index contributed by atoms with van der Waals surface area (Å²) < 4.78 is 5.31. The van der Waals surface area contributed by atoms with Gasteiger partial charge in [-0.2, -0.15) is 0 Å². The van der Waals surface area contributed by atoms with Crippen molar-refractivity contribution in [3.8, 4) is 0 Å². The number of rotatable bonds is 4. The van der Waals surface area contributed by atoms with Crippen LogP contribution in [-0.2, 0) is 26.3 Å². The second kappa shape index (κ2) is 8.57. The van der Waals surface area contributed by atoms with Crippen molar-refractivity contribution in [1.29, 1.82) is 0 Å². The molecule has 1 aliphatic carbocycles. The molecule has 9 nitrogen and oxygen atoms in total. The van der Waals surface area contributed by atoms with Crippen LogP contribution in [0.4, 0.5) is 10.5 Å². The van der Waals surface area contributed by atoms with Crippen LogP contribution < -0.4 is 10.6 Å². The molecule has 176 valence electrons. The number of anilines is 1. The van der Waals surface area contributed by atoms with E-state index in [1.807, 2.05) is 24.3 Å². The van der Waals surface area contributed by atoms with Crippen molar-refractivity contribution >= 4 is 29.4 Å². The highest BCUT2D eigenvalue weighted by molar-refractivity contribution is 6.11. The van der Waals surface area contributed by atoms with Crippen LogP contribution in [0.1, 0.15) is 33.5 Å². The summed E-state index contributed by atoms with van der Waals surface area (Å²) in [6.45, 7) is 3.40. The number of hydrogen-bond donors (Lipinski definition) is 2. The molecule has 1 unspecified atom stereocenters. The highest BCUT2D eigenvalue weighted by atomic mass is 16.5. The zero-order chi connectivity index (χ0) is 23.9. The lowest BCUT2D eigenvalue weighted by Gasteiger charge is -2.27. The Balaban J connectivity index is 1.30.